The van der Waals surface area contributed by atoms with E-state index >= 15 is 0 Å². The SMILES string of the molecule is CC1NC=C(C(C)(C)C2C=C(NC(=O)C(C)(C)N(C)C3CCN(S(C)(=O)=O)CC3)ON2)S1. The van der Waals surface area contributed by atoms with Gasteiger partial charge in [0.1, 0.15) is 0 Å². The van der Waals surface area contributed by atoms with Gasteiger partial charge in [0.25, 0.3) is 0 Å². The Labute approximate surface area is 196 Å². The summed E-state index contributed by atoms with van der Waals surface area (Å²) < 4.78 is 25.0. The topological polar surface area (TPSA) is 103 Å². The molecule has 0 aromatic heterocycles. The van der Waals surface area contributed by atoms with Gasteiger partial charge in [-0.3, -0.25) is 15.0 Å². The van der Waals surface area contributed by atoms with Gasteiger partial charge in [0.05, 0.1) is 23.2 Å². The predicted molar refractivity (Wildman–Crippen MR) is 128 cm³/mol. The molecule has 3 aliphatic heterocycles. The third-order valence-corrected chi connectivity index (χ3v) is 9.58. The van der Waals surface area contributed by atoms with Crippen LogP contribution in [0.3, 0.4) is 0 Å². The van der Waals surface area contributed by atoms with Crippen molar-refractivity contribution in [2.75, 3.05) is 26.4 Å². The number of sulfonamides is 1. The largest absolute Gasteiger partial charge is 0.390 e. The minimum Gasteiger partial charge on any atom is -0.390 e. The van der Waals surface area contributed by atoms with E-state index in [0.29, 0.717) is 37.2 Å². The van der Waals surface area contributed by atoms with Gasteiger partial charge in [-0.15, -0.1) is 17.2 Å². The molecule has 0 spiro atoms. The number of hydrogen-bond donors (Lipinski definition) is 3. The van der Waals surface area contributed by atoms with Crippen molar-refractivity contribution in [3.8, 4) is 0 Å². The number of hydroxylamine groups is 1. The number of likely N-dealkylation sites (N-methyl/N-ethyl adjacent to an activating group) is 1. The molecule has 11 heteroatoms. The highest BCUT2D eigenvalue weighted by Gasteiger charge is 2.41. The summed E-state index contributed by atoms with van der Waals surface area (Å²) in [6.45, 7) is 11.1. The van der Waals surface area contributed by atoms with Gasteiger partial charge in [0.15, 0.2) is 0 Å². The highest BCUT2D eigenvalue weighted by molar-refractivity contribution is 8.03. The quantitative estimate of drug-likeness (QED) is 0.497. The summed E-state index contributed by atoms with van der Waals surface area (Å²) in [5.74, 6) is 0.243. The van der Waals surface area contributed by atoms with Gasteiger partial charge in [0.2, 0.25) is 21.8 Å². The van der Waals surface area contributed by atoms with Crippen LogP contribution in [0.4, 0.5) is 0 Å². The van der Waals surface area contributed by atoms with Crippen LogP contribution in [-0.2, 0) is 19.7 Å². The van der Waals surface area contributed by atoms with Crippen LogP contribution in [0.2, 0.25) is 0 Å². The number of carbonyl (C=O) groups excluding carboxylic acids is 1. The third kappa shape index (κ3) is 5.27. The maximum atomic E-state index is 13.2. The summed E-state index contributed by atoms with van der Waals surface area (Å²) in [5.41, 5.74) is 2.05. The van der Waals surface area contributed by atoms with Gasteiger partial charge in [-0.2, -0.15) is 0 Å². The fourth-order valence-corrected chi connectivity index (χ4v) is 6.11. The van der Waals surface area contributed by atoms with Crippen LogP contribution in [0.15, 0.2) is 23.1 Å². The second kappa shape index (κ2) is 9.17. The monoisotopic (exact) mass is 487 g/mol. The average Bonchev–Trinajstić information content (AvgIpc) is 3.36. The first-order chi connectivity index (χ1) is 14.7. The number of nitrogens with zero attached hydrogens (tertiary/aromatic N) is 2. The van der Waals surface area contributed by atoms with Gasteiger partial charge < -0.3 is 10.2 Å². The van der Waals surface area contributed by atoms with Gasteiger partial charge in [-0.05, 0) is 46.7 Å². The molecule has 0 aromatic carbocycles. The van der Waals surface area contributed by atoms with Gasteiger partial charge in [0, 0.05) is 35.7 Å². The molecule has 0 radical (unpaired) electrons. The van der Waals surface area contributed by atoms with E-state index in [-0.39, 0.29) is 23.4 Å². The zero-order chi connectivity index (χ0) is 23.9. The highest BCUT2D eigenvalue weighted by Crippen LogP contribution is 2.43. The lowest BCUT2D eigenvalue weighted by Gasteiger charge is -2.43. The van der Waals surface area contributed by atoms with Crippen LogP contribution in [0.25, 0.3) is 0 Å². The lowest BCUT2D eigenvalue weighted by molar-refractivity contribution is -0.133. The van der Waals surface area contributed by atoms with Gasteiger partial charge in [-0.1, -0.05) is 13.8 Å². The van der Waals surface area contributed by atoms with Crippen molar-refractivity contribution in [2.45, 2.75) is 70.5 Å². The summed E-state index contributed by atoms with van der Waals surface area (Å²) in [6.07, 6.45) is 6.59. The number of nitrogens with one attached hydrogen (secondary N) is 3. The maximum Gasteiger partial charge on any atom is 0.246 e. The Morgan fingerprint density at radius 1 is 1.28 bits per heavy atom. The van der Waals surface area contributed by atoms with Crippen LogP contribution in [0.5, 0.6) is 0 Å². The Morgan fingerprint density at radius 2 is 1.91 bits per heavy atom. The molecular weight excluding hydrogens is 450 g/mol. The molecule has 2 atom stereocenters. The van der Waals surface area contributed by atoms with Crippen LogP contribution >= 0.6 is 11.8 Å². The second-order valence-electron chi connectivity index (χ2n) is 9.90. The molecular formula is C21H37N5O4S2. The minimum absolute atomic E-state index is 0.0789. The Kier molecular flexibility index (Phi) is 7.27. The zero-order valence-corrected chi connectivity index (χ0v) is 21.7. The maximum absolute atomic E-state index is 13.2. The Bertz CT molecular complexity index is 892. The zero-order valence-electron chi connectivity index (χ0n) is 20.1. The number of hydrogen-bond acceptors (Lipinski definition) is 8. The summed E-state index contributed by atoms with van der Waals surface area (Å²) in [7, 11) is -1.25. The normalized spacial score (nSPS) is 25.9. The molecule has 3 aliphatic rings. The minimum atomic E-state index is -3.17. The number of rotatable bonds is 7. The second-order valence-corrected chi connectivity index (χ2v) is 13.3. The van der Waals surface area contributed by atoms with Crippen molar-refractivity contribution < 1.29 is 18.0 Å². The molecule has 1 fully saturated rings. The summed E-state index contributed by atoms with van der Waals surface area (Å²) >= 11 is 1.79. The molecule has 0 aromatic rings. The van der Waals surface area contributed by atoms with Crippen molar-refractivity contribution in [1.82, 2.24) is 25.3 Å². The van der Waals surface area contributed by atoms with Crippen molar-refractivity contribution in [3.63, 3.8) is 0 Å². The molecule has 0 bridgehead atoms. The third-order valence-electron chi connectivity index (χ3n) is 6.89. The Balaban J connectivity index is 1.60. The highest BCUT2D eigenvalue weighted by atomic mass is 32.2. The van der Waals surface area contributed by atoms with E-state index in [1.165, 1.54) is 15.5 Å². The van der Waals surface area contributed by atoms with Gasteiger partial charge in [-0.25, -0.2) is 12.7 Å². The number of piperidine rings is 1. The summed E-state index contributed by atoms with van der Waals surface area (Å²) in [5, 5.41) is 6.58. The molecule has 3 N–H and O–H groups in total. The van der Waals surface area contributed by atoms with E-state index in [9.17, 15) is 13.2 Å². The number of carbonyl (C=O) groups is 1. The molecule has 1 saturated heterocycles. The van der Waals surface area contributed by atoms with E-state index in [4.69, 9.17) is 4.84 Å². The lowest BCUT2D eigenvalue weighted by Crippen LogP contribution is -2.58. The smallest absolute Gasteiger partial charge is 0.246 e. The Morgan fingerprint density at radius 3 is 2.44 bits per heavy atom. The van der Waals surface area contributed by atoms with Crippen LogP contribution in [0, 0.1) is 5.41 Å². The van der Waals surface area contributed by atoms with Crippen LogP contribution < -0.4 is 16.1 Å². The van der Waals surface area contributed by atoms with E-state index in [1.54, 1.807) is 11.8 Å². The molecule has 2 unspecified atom stereocenters. The molecule has 0 aliphatic carbocycles. The predicted octanol–water partition coefficient (Wildman–Crippen LogP) is 1.53. The summed E-state index contributed by atoms with van der Waals surface area (Å²) in [4.78, 5) is 22.0. The number of amides is 1. The average molecular weight is 488 g/mol. The molecule has 3 rings (SSSR count). The van der Waals surface area contributed by atoms with E-state index in [0.717, 1.165) is 0 Å². The molecule has 3 heterocycles. The van der Waals surface area contributed by atoms with Crippen LogP contribution in [-0.4, -0.2) is 72.9 Å². The number of thioether (sulfide) groups is 1. The fourth-order valence-electron chi connectivity index (χ4n) is 4.15. The lowest BCUT2D eigenvalue weighted by atomic mass is 9.84. The van der Waals surface area contributed by atoms with Crippen molar-refractivity contribution in [2.24, 2.45) is 5.41 Å². The first kappa shape index (κ1) is 25.4. The van der Waals surface area contributed by atoms with E-state index < -0.39 is 15.6 Å². The van der Waals surface area contributed by atoms with Crippen molar-refractivity contribution in [3.05, 3.63) is 23.1 Å². The van der Waals surface area contributed by atoms with Crippen molar-refractivity contribution >= 4 is 27.7 Å². The fraction of sp³-hybridized carbons (Fsp3) is 0.762. The standard InChI is InChI=1S/C21H37N5O4S2/c1-14-22-13-17(31-14)20(2,3)16-12-18(30-24-16)23-19(27)21(4,5)25(6)15-8-10-26(11-9-15)32(7,28)29/h12-16,22,24H,8-11H2,1-7H3,(H,23,27). The molecule has 1 amide bonds. The van der Waals surface area contributed by atoms with Crippen molar-refractivity contribution in [1.29, 1.82) is 0 Å². The van der Waals surface area contributed by atoms with Gasteiger partial charge >= 0.3 is 0 Å². The molecule has 9 nitrogen and oxygen atoms in total. The molecule has 0 saturated carbocycles. The molecule has 182 valence electrons. The van der Waals surface area contributed by atoms with E-state index in [1.807, 2.05) is 31.9 Å². The Hall–Kier alpha value is -1.27. The van der Waals surface area contributed by atoms with Crippen LogP contribution in [0.1, 0.15) is 47.5 Å². The first-order valence-corrected chi connectivity index (χ1v) is 13.7. The molecule has 32 heavy (non-hydrogen) atoms. The summed E-state index contributed by atoms with van der Waals surface area (Å²) in [6, 6.07) is 0.0441. The first-order valence-electron chi connectivity index (χ1n) is 11.0. The van der Waals surface area contributed by atoms with E-state index in [2.05, 4.69) is 43.1 Å².